The van der Waals surface area contributed by atoms with Crippen LogP contribution < -0.4 is 5.32 Å². The average molecular weight is 368 g/mol. The predicted octanol–water partition coefficient (Wildman–Crippen LogP) is 2.79. The highest BCUT2D eigenvalue weighted by Gasteiger charge is 2.26. The van der Waals surface area contributed by atoms with Crippen LogP contribution in [-0.2, 0) is 30.7 Å². The number of piperidine rings is 1. The summed E-state index contributed by atoms with van der Waals surface area (Å²) in [5.74, 6) is 1.82. The average Bonchev–Trinajstić information content (AvgIpc) is 3.19. The van der Waals surface area contributed by atoms with E-state index in [1.807, 2.05) is 12.1 Å². The van der Waals surface area contributed by atoms with E-state index in [0.717, 1.165) is 62.6 Å². The summed E-state index contributed by atoms with van der Waals surface area (Å²) < 4.78 is 5.44. The molecule has 3 heterocycles. The molecular formula is C21H28N4O2. The van der Waals surface area contributed by atoms with Gasteiger partial charge in [0.1, 0.15) is 11.6 Å². The van der Waals surface area contributed by atoms with E-state index in [1.165, 1.54) is 24.1 Å². The zero-order chi connectivity index (χ0) is 18.6. The van der Waals surface area contributed by atoms with Crippen molar-refractivity contribution in [2.24, 2.45) is 5.92 Å². The number of nitrogens with one attached hydrogen (secondary N) is 1. The second kappa shape index (κ2) is 8.21. The number of amides is 1. The molecule has 1 atom stereocenters. The number of nitrogens with zero attached hydrogens (tertiary/aromatic N) is 3. The minimum atomic E-state index is 0.0208. The standard InChI is InChI=1S/C21H28N4O2/c1-15-18-8-2-3-9-19(18)24-20(23-15)12-22-21(26)16-6-4-10-25(13-16)14-17-7-5-11-27-17/h5,7,11,16H,2-4,6,8-10,12-14H2,1H3,(H,22,26)/t16-/m0/s1. The Morgan fingerprint density at radius 1 is 1.30 bits per heavy atom. The molecule has 1 aliphatic heterocycles. The van der Waals surface area contributed by atoms with E-state index in [0.29, 0.717) is 6.54 Å². The summed E-state index contributed by atoms with van der Waals surface area (Å²) >= 11 is 0. The lowest BCUT2D eigenvalue weighted by Crippen LogP contribution is -2.42. The maximum absolute atomic E-state index is 12.7. The highest BCUT2D eigenvalue weighted by molar-refractivity contribution is 5.78. The van der Waals surface area contributed by atoms with Gasteiger partial charge in [-0.1, -0.05) is 0 Å². The minimum Gasteiger partial charge on any atom is -0.468 e. The summed E-state index contributed by atoms with van der Waals surface area (Å²) in [4.78, 5) is 24.3. The number of hydrogen-bond donors (Lipinski definition) is 1. The molecule has 6 nitrogen and oxygen atoms in total. The molecule has 0 aromatic carbocycles. The van der Waals surface area contributed by atoms with Crippen LogP contribution in [0.4, 0.5) is 0 Å². The van der Waals surface area contributed by atoms with Crippen molar-refractivity contribution in [3.8, 4) is 0 Å². The third kappa shape index (κ3) is 4.38. The molecule has 2 aromatic rings. The summed E-state index contributed by atoms with van der Waals surface area (Å²) in [7, 11) is 0. The fourth-order valence-corrected chi connectivity index (χ4v) is 4.27. The third-order valence-electron chi connectivity index (χ3n) is 5.69. The monoisotopic (exact) mass is 368 g/mol. The smallest absolute Gasteiger partial charge is 0.224 e. The fourth-order valence-electron chi connectivity index (χ4n) is 4.27. The molecule has 2 aromatic heterocycles. The molecule has 1 aliphatic carbocycles. The van der Waals surface area contributed by atoms with Crippen molar-refractivity contribution in [2.75, 3.05) is 13.1 Å². The van der Waals surface area contributed by atoms with Crippen molar-refractivity contribution >= 4 is 5.91 Å². The van der Waals surface area contributed by atoms with Gasteiger partial charge >= 0.3 is 0 Å². The number of rotatable bonds is 5. The van der Waals surface area contributed by atoms with Crippen molar-refractivity contribution in [1.29, 1.82) is 0 Å². The fraction of sp³-hybridized carbons (Fsp3) is 0.571. The zero-order valence-electron chi connectivity index (χ0n) is 16.0. The molecule has 0 spiro atoms. The molecule has 1 N–H and O–H groups in total. The lowest BCUT2D eigenvalue weighted by atomic mass is 9.95. The molecule has 4 rings (SSSR count). The second-order valence-electron chi connectivity index (χ2n) is 7.73. The Hall–Kier alpha value is -2.21. The first-order chi connectivity index (χ1) is 13.2. The first-order valence-electron chi connectivity index (χ1n) is 10.1. The molecule has 1 amide bonds. The third-order valence-corrected chi connectivity index (χ3v) is 5.69. The summed E-state index contributed by atoms with van der Waals surface area (Å²) in [6, 6.07) is 3.89. The Balaban J connectivity index is 1.33. The van der Waals surface area contributed by atoms with Gasteiger partial charge in [-0.2, -0.15) is 0 Å². The van der Waals surface area contributed by atoms with Gasteiger partial charge in [0, 0.05) is 17.9 Å². The minimum absolute atomic E-state index is 0.0208. The van der Waals surface area contributed by atoms with E-state index >= 15 is 0 Å². The Morgan fingerprint density at radius 2 is 2.19 bits per heavy atom. The summed E-state index contributed by atoms with van der Waals surface area (Å²) in [5, 5.41) is 3.07. The summed E-state index contributed by atoms with van der Waals surface area (Å²) in [5.41, 5.74) is 3.57. The van der Waals surface area contributed by atoms with E-state index < -0.39 is 0 Å². The second-order valence-corrected chi connectivity index (χ2v) is 7.73. The van der Waals surface area contributed by atoms with E-state index in [-0.39, 0.29) is 11.8 Å². The molecule has 0 bridgehead atoms. The number of aryl methyl sites for hydroxylation is 2. The van der Waals surface area contributed by atoms with Crippen molar-refractivity contribution in [2.45, 2.75) is 58.5 Å². The van der Waals surface area contributed by atoms with E-state index in [2.05, 4.69) is 22.1 Å². The molecule has 0 saturated carbocycles. The maximum Gasteiger partial charge on any atom is 0.224 e. The van der Waals surface area contributed by atoms with E-state index in [4.69, 9.17) is 9.40 Å². The quantitative estimate of drug-likeness (QED) is 0.879. The van der Waals surface area contributed by atoms with Crippen LogP contribution in [-0.4, -0.2) is 33.9 Å². The molecule has 2 aliphatic rings. The zero-order valence-corrected chi connectivity index (χ0v) is 16.0. The normalized spacial score (nSPS) is 20.3. The van der Waals surface area contributed by atoms with Gasteiger partial charge in [-0.3, -0.25) is 9.69 Å². The van der Waals surface area contributed by atoms with Crippen molar-refractivity contribution < 1.29 is 9.21 Å². The van der Waals surface area contributed by atoms with Crippen LogP contribution in [0.1, 0.15) is 54.2 Å². The number of fused-ring (bicyclic) bond motifs is 1. The number of furan rings is 1. The Bertz CT molecular complexity index is 788. The van der Waals surface area contributed by atoms with Crippen molar-refractivity contribution in [3.05, 3.63) is 46.9 Å². The molecule has 1 fully saturated rings. The van der Waals surface area contributed by atoms with Gasteiger partial charge in [-0.25, -0.2) is 9.97 Å². The van der Waals surface area contributed by atoms with Gasteiger partial charge in [0.25, 0.3) is 0 Å². The Kier molecular flexibility index (Phi) is 5.53. The van der Waals surface area contributed by atoms with Crippen LogP contribution in [0.3, 0.4) is 0 Å². The van der Waals surface area contributed by atoms with Crippen LogP contribution in [0.2, 0.25) is 0 Å². The molecular weight excluding hydrogens is 340 g/mol. The molecule has 0 unspecified atom stereocenters. The van der Waals surface area contributed by atoms with Gasteiger partial charge in [0.15, 0.2) is 0 Å². The van der Waals surface area contributed by atoms with Gasteiger partial charge < -0.3 is 9.73 Å². The van der Waals surface area contributed by atoms with E-state index in [1.54, 1.807) is 6.26 Å². The molecule has 6 heteroatoms. The molecule has 0 radical (unpaired) electrons. The van der Waals surface area contributed by atoms with Gasteiger partial charge in [0.05, 0.1) is 25.3 Å². The van der Waals surface area contributed by atoms with Crippen LogP contribution >= 0.6 is 0 Å². The van der Waals surface area contributed by atoms with Crippen molar-refractivity contribution in [3.63, 3.8) is 0 Å². The van der Waals surface area contributed by atoms with Crippen LogP contribution in [0.25, 0.3) is 0 Å². The first kappa shape index (κ1) is 18.2. The molecule has 144 valence electrons. The number of carbonyl (C=O) groups excluding carboxylic acids is 1. The molecule has 27 heavy (non-hydrogen) atoms. The first-order valence-corrected chi connectivity index (χ1v) is 10.1. The Morgan fingerprint density at radius 3 is 3.04 bits per heavy atom. The number of carbonyl (C=O) groups is 1. The van der Waals surface area contributed by atoms with Crippen molar-refractivity contribution in [1.82, 2.24) is 20.2 Å². The lowest BCUT2D eigenvalue weighted by molar-refractivity contribution is -0.127. The summed E-state index contributed by atoms with van der Waals surface area (Å²) in [6.45, 7) is 5.03. The van der Waals surface area contributed by atoms with Crippen LogP contribution in [0.15, 0.2) is 22.8 Å². The topological polar surface area (TPSA) is 71.3 Å². The largest absolute Gasteiger partial charge is 0.468 e. The number of aromatic nitrogens is 2. The van der Waals surface area contributed by atoms with Gasteiger partial charge in [-0.05, 0) is 69.7 Å². The van der Waals surface area contributed by atoms with Crippen LogP contribution in [0.5, 0.6) is 0 Å². The lowest BCUT2D eigenvalue weighted by Gasteiger charge is -2.31. The SMILES string of the molecule is Cc1nc(CNC(=O)[C@H]2CCCN(Cc3ccco3)C2)nc2c1CCCC2. The number of likely N-dealkylation sites (tertiary alicyclic amines) is 1. The Labute approximate surface area is 160 Å². The van der Waals surface area contributed by atoms with Gasteiger partial charge in [-0.15, -0.1) is 0 Å². The highest BCUT2D eigenvalue weighted by Crippen LogP contribution is 2.22. The van der Waals surface area contributed by atoms with Gasteiger partial charge in [0.2, 0.25) is 5.91 Å². The highest BCUT2D eigenvalue weighted by atomic mass is 16.3. The number of hydrogen-bond acceptors (Lipinski definition) is 5. The van der Waals surface area contributed by atoms with E-state index in [9.17, 15) is 4.79 Å². The van der Waals surface area contributed by atoms with Crippen LogP contribution in [0, 0.1) is 12.8 Å². The summed E-state index contributed by atoms with van der Waals surface area (Å²) in [6.07, 6.45) is 8.21. The molecule has 1 saturated heterocycles. The maximum atomic E-state index is 12.7. The predicted molar refractivity (Wildman–Crippen MR) is 102 cm³/mol.